The summed E-state index contributed by atoms with van der Waals surface area (Å²) in [4.78, 5) is 6.91. The van der Waals surface area contributed by atoms with E-state index in [0.29, 0.717) is 24.6 Å². The van der Waals surface area contributed by atoms with E-state index < -0.39 is 11.6 Å². The van der Waals surface area contributed by atoms with E-state index in [0.717, 1.165) is 61.7 Å². The molecule has 0 saturated carbocycles. The van der Waals surface area contributed by atoms with Crippen LogP contribution in [-0.4, -0.2) is 52.4 Å². The second-order valence-electron chi connectivity index (χ2n) is 7.76. The van der Waals surface area contributed by atoms with Crippen molar-refractivity contribution in [1.29, 1.82) is 0 Å². The number of rotatable bonds is 8. The molecule has 33 heavy (non-hydrogen) atoms. The molecule has 0 atom stereocenters. The van der Waals surface area contributed by atoms with E-state index in [2.05, 4.69) is 20.5 Å². The van der Waals surface area contributed by atoms with Crippen molar-refractivity contribution < 1.29 is 18.3 Å². The zero-order valence-corrected chi connectivity index (χ0v) is 21.7. The Hall–Kier alpha value is -2.30. The zero-order valence-electron chi connectivity index (χ0n) is 19.4. The summed E-state index contributed by atoms with van der Waals surface area (Å²) in [6.45, 7) is 4.99. The maximum atomic E-state index is 13.4. The van der Waals surface area contributed by atoms with Gasteiger partial charge in [-0.3, -0.25) is 4.99 Å². The topological polar surface area (TPSA) is 58.1 Å². The molecule has 1 saturated heterocycles. The van der Waals surface area contributed by atoms with Crippen molar-refractivity contribution in [2.24, 2.45) is 4.99 Å². The van der Waals surface area contributed by atoms with Crippen molar-refractivity contribution in [3.63, 3.8) is 0 Å². The Morgan fingerprint density at radius 3 is 2.15 bits per heavy atom. The Kier molecular flexibility index (Phi) is 11.0. The number of guanidine groups is 1. The Morgan fingerprint density at radius 2 is 1.61 bits per heavy atom. The number of anilines is 1. The van der Waals surface area contributed by atoms with Crippen LogP contribution in [0.5, 0.6) is 11.5 Å². The first-order valence-electron chi connectivity index (χ1n) is 11.0. The molecule has 0 aromatic heterocycles. The summed E-state index contributed by atoms with van der Waals surface area (Å²) in [7, 11) is 3.31. The number of hydrogen-bond acceptors (Lipinski definition) is 4. The molecule has 2 aromatic rings. The van der Waals surface area contributed by atoms with Crippen LogP contribution in [0.3, 0.4) is 0 Å². The second-order valence-corrected chi connectivity index (χ2v) is 7.76. The summed E-state index contributed by atoms with van der Waals surface area (Å²) in [5, 5.41) is 6.75. The number of hydrogen-bond donors (Lipinski definition) is 2. The molecule has 1 aliphatic rings. The number of nitrogens with zero attached hydrogens (tertiary/aromatic N) is 2. The van der Waals surface area contributed by atoms with E-state index in [1.54, 1.807) is 14.2 Å². The van der Waals surface area contributed by atoms with Crippen LogP contribution < -0.4 is 25.0 Å². The normalized spacial score (nSPS) is 14.5. The van der Waals surface area contributed by atoms with Crippen LogP contribution in [0.15, 0.2) is 41.4 Å². The minimum absolute atomic E-state index is 0. The number of aliphatic imine (C=N–C) groups is 1. The molecular formula is C24H33F2IN4O2. The van der Waals surface area contributed by atoms with Gasteiger partial charge in [-0.25, -0.2) is 8.78 Å². The smallest absolute Gasteiger partial charge is 0.191 e. The molecule has 1 fully saturated rings. The van der Waals surface area contributed by atoms with Gasteiger partial charge in [0.15, 0.2) is 5.96 Å². The van der Waals surface area contributed by atoms with Crippen molar-refractivity contribution >= 4 is 35.6 Å². The molecule has 2 N–H and O–H groups in total. The molecule has 0 amide bonds. The summed E-state index contributed by atoms with van der Waals surface area (Å²) in [6.07, 6.45) is 2.39. The molecule has 3 rings (SSSR count). The highest BCUT2D eigenvalue weighted by atomic mass is 127. The lowest BCUT2D eigenvalue weighted by Crippen LogP contribution is -2.48. The maximum absolute atomic E-state index is 13.4. The minimum atomic E-state index is -0.561. The highest BCUT2D eigenvalue weighted by Gasteiger charge is 2.21. The average Bonchev–Trinajstić information content (AvgIpc) is 2.78. The lowest BCUT2D eigenvalue weighted by atomic mass is 10.0. The number of ether oxygens (including phenoxy) is 2. The van der Waals surface area contributed by atoms with Gasteiger partial charge in [0.05, 0.1) is 14.2 Å². The molecule has 2 aromatic carbocycles. The highest BCUT2D eigenvalue weighted by molar-refractivity contribution is 14.0. The lowest BCUT2D eigenvalue weighted by Gasteiger charge is -2.34. The third-order valence-corrected chi connectivity index (χ3v) is 5.47. The van der Waals surface area contributed by atoms with Crippen LogP contribution in [0.25, 0.3) is 0 Å². The Morgan fingerprint density at radius 1 is 1.00 bits per heavy atom. The zero-order chi connectivity index (χ0) is 22.9. The Labute approximate surface area is 211 Å². The van der Waals surface area contributed by atoms with Gasteiger partial charge < -0.3 is 25.0 Å². The van der Waals surface area contributed by atoms with Gasteiger partial charge in [-0.05, 0) is 43.9 Å². The summed E-state index contributed by atoms with van der Waals surface area (Å²) in [5.74, 6) is 1.16. The van der Waals surface area contributed by atoms with E-state index in [1.807, 2.05) is 25.1 Å². The maximum Gasteiger partial charge on any atom is 0.191 e. The first kappa shape index (κ1) is 26.9. The van der Waals surface area contributed by atoms with Crippen LogP contribution in [0, 0.1) is 11.6 Å². The molecule has 0 bridgehead atoms. The molecule has 9 heteroatoms. The fraction of sp³-hybridized carbons (Fsp3) is 0.458. The van der Waals surface area contributed by atoms with Gasteiger partial charge in [0.25, 0.3) is 0 Å². The molecular weight excluding hydrogens is 541 g/mol. The first-order chi connectivity index (χ1) is 15.5. The monoisotopic (exact) mass is 574 g/mol. The van der Waals surface area contributed by atoms with Gasteiger partial charge in [0, 0.05) is 62.2 Å². The third-order valence-electron chi connectivity index (χ3n) is 5.47. The fourth-order valence-electron chi connectivity index (χ4n) is 3.82. The van der Waals surface area contributed by atoms with Crippen LogP contribution >= 0.6 is 24.0 Å². The molecule has 0 unspecified atom stereocenters. The summed E-state index contributed by atoms with van der Waals surface area (Å²) in [6, 6.07) is 9.79. The van der Waals surface area contributed by atoms with Crippen LogP contribution in [0.4, 0.5) is 14.5 Å². The van der Waals surface area contributed by atoms with E-state index in [1.165, 1.54) is 12.1 Å². The summed E-state index contributed by atoms with van der Waals surface area (Å²) in [5.41, 5.74) is 1.69. The minimum Gasteiger partial charge on any atom is -0.497 e. The largest absolute Gasteiger partial charge is 0.497 e. The van der Waals surface area contributed by atoms with Gasteiger partial charge in [0.2, 0.25) is 0 Å². The molecule has 1 aliphatic heterocycles. The molecule has 182 valence electrons. The van der Waals surface area contributed by atoms with Gasteiger partial charge in [-0.2, -0.15) is 0 Å². The number of nitrogens with one attached hydrogen (secondary N) is 2. The van der Waals surface area contributed by atoms with Crippen LogP contribution in [0.2, 0.25) is 0 Å². The van der Waals surface area contributed by atoms with Gasteiger partial charge >= 0.3 is 0 Å². The van der Waals surface area contributed by atoms with Gasteiger partial charge in [-0.1, -0.05) is 0 Å². The van der Waals surface area contributed by atoms with E-state index in [9.17, 15) is 8.78 Å². The third kappa shape index (κ3) is 8.21. The highest BCUT2D eigenvalue weighted by Crippen LogP contribution is 2.30. The number of piperidine rings is 1. The second kappa shape index (κ2) is 13.4. The van der Waals surface area contributed by atoms with Crippen LogP contribution in [0.1, 0.15) is 25.3 Å². The summed E-state index contributed by atoms with van der Waals surface area (Å²) >= 11 is 0. The molecule has 0 radical (unpaired) electrons. The molecule has 0 spiro atoms. The quantitative estimate of drug-likeness (QED) is 0.279. The Balaban J connectivity index is 0.00000385. The standard InChI is InChI=1S/C24H32F2N4O2.HI/c1-4-27-24(28-8-5-17-11-18(25)13-19(26)12-17)29-20-6-9-30(10-7-20)21-14-22(31-2)16-23(15-21)32-3;/h11-16,20H,4-10H2,1-3H3,(H2,27,28,29);1H. The SMILES string of the molecule is CCNC(=NCCc1cc(F)cc(F)c1)NC1CCN(c2cc(OC)cc(OC)c2)CC1.I. The van der Waals surface area contributed by atoms with Crippen molar-refractivity contribution in [2.45, 2.75) is 32.2 Å². The predicted molar refractivity (Wildman–Crippen MR) is 139 cm³/mol. The first-order valence-corrected chi connectivity index (χ1v) is 11.0. The number of benzene rings is 2. The molecule has 0 aliphatic carbocycles. The van der Waals surface area contributed by atoms with Crippen molar-refractivity contribution in [3.8, 4) is 11.5 Å². The molecule has 6 nitrogen and oxygen atoms in total. The van der Waals surface area contributed by atoms with E-state index in [-0.39, 0.29) is 24.0 Å². The average molecular weight is 574 g/mol. The number of halogens is 3. The van der Waals surface area contributed by atoms with Gasteiger partial charge in [-0.15, -0.1) is 24.0 Å². The van der Waals surface area contributed by atoms with Crippen molar-refractivity contribution in [1.82, 2.24) is 10.6 Å². The lowest BCUT2D eigenvalue weighted by molar-refractivity contribution is 0.393. The van der Waals surface area contributed by atoms with Gasteiger partial charge in [0.1, 0.15) is 23.1 Å². The summed E-state index contributed by atoms with van der Waals surface area (Å²) < 4.78 is 37.5. The van der Waals surface area contributed by atoms with Crippen molar-refractivity contribution in [2.75, 3.05) is 45.3 Å². The fourth-order valence-corrected chi connectivity index (χ4v) is 3.82. The number of methoxy groups -OCH3 is 2. The van der Waals surface area contributed by atoms with E-state index >= 15 is 0 Å². The molecule has 1 heterocycles. The van der Waals surface area contributed by atoms with Crippen molar-refractivity contribution in [3.05, 3.63) is 53.6 Å². The van der Waals surface area contributed by atoms with Crippen LogP contribution in [-0.2, 0) is 6.42 Å². The van der Waals surface area contributed by atoms with E-state index in [4.69, 9.17) is 9.47 Å². The Bertz CT molecular complexity index is 879. The predicted octanol–water partition coefficient (Wildman–Crippen LogP) is 4.37.